The van der Waals surface area contributed by atoms with Gasteiger partial charge in [0.2, 0.25) is 5.91 Å². The Morgan fingerprint density at radius 1 is 1.39 bits per heavy atom. The summed E-state index contributed by atoms with van der Waals surface area (Å²) in [4.78, 5) is 13.9. The van der Waals surface area contributed by atoms with Gasteiger partial charge in [-0.15, -0.1) is 0 Å². The summed E-state index contributed by atoms with van der Waals surface area (Å²) in [7, 11) is 0. The summed E-state index contributed by atoms with van der Waals surface area (Å²) in [6.07, 6.45) is 5.72. The minimum absolute atomic E-state index is 0.00441. The van der Waals surface area contributed by atoms with Crippen molar-refractivity contribution < 1.29 is 15.0 Å². The molecule has 0 aromatic carbocycles. The molecule has 0 spiro atoms. The Balaban J connectivity index is 1.79. The van der Waals surface area contributed by atoms with Crippen LogP contribution in [0.25, 0.3) is 0 Å². The van der Waals surface area contributed by atoms with E-state index in [0.717, 1.165) is 38.6 Å². The number of β-amino-alcohol motifs (C(OH)–C–C–N with tert-alkyl or cyclic N) is 1. The molecule has 3 atom stereocenters. The van der Waals surface area contributed by atoms with E-state index in [1.54, 1.807) is 0 Å². The molecular weight excluding hydrogens is 294 g/mol. The maximum absolute atomic E-state index is 11.6. The van der Waals surface area contributed by atoms with Gasteiger partial charge in [0.1, 0.15) is 0 Å². The zero-order valence-corrected chi connectivity index (χ0v) is 14.3. The van der Waals surface area contributed by atoms with Crippen LogP contribution in [0.15, 0.2) is 0 Å². The molecule has 0 bridgehead atoms. The first-order chi connectivity index (χ1) is 10.9. The van der Waals surface area contributed by atoms with Crippen molar-refractivity contribution in [1.82, 2.24) is 10.2 Å². The van der Waals surface area contributed by atoms with Crippen molar-refractivity contribution in [3.8, 4) is 0 Å². The van der Waals surface area contributed by atoms with Gasteiger partial charge in [0.25, 0.3) is 0 Å². The number of aliphatic hydroxyl groups is 2. The van der Waals surface area contributed by atoms with Crippen molar-refractivity contribution >= 4 is 5.91 Å². The van der Waals surface area contributed by atoms with Crippen LogP contribution in [0.1, 0.15) is 51.9 Å². The normalized spacial score (nSPS) is 26.5. The van der Waals surface area contributed by atoms with Gasteiger partial charge in [0.05, 0.1) is 11.7 Å². The van der Waals surface area contributed by atoms with Crippen molar-refractivity contribution in [2.24, 2.45) is 11.7 Å². The number of likely N-dealkylation sites (tertiary alicyclic amines) is 1. The Morgan fingerprint density at radius 2 is 2.13 bits per heavy atom. The van der Waals surface area contributed by atoms with Gasteiger partial charge in [-0.25, -0.2) is 0 Å². The van der Waals surface area contributed by atoms with Gasteiger partial charge >= 0.3 is 0 Å². The summed E-state index contributed by atoms with van der Waals surface area (Å²) < 4.78 is 0. The highest BCUT2D eigenvalue weighted by Gasteiger charge is 2.41. The molecule has 23 heavy (non-hydrogen) atoms. The Kier molecular flexibility index (Phi) is 6.83. The molecule has 1 saturated carbocycles. The Bertz CT molecular complexity index is 385. The topological polar surface area (TPSA) is 98.8 Å². The highest BCUT2D eigenvalue weighted by atomic mass is 16.3. The third kappa shape index (κ3) is 6.03. The zero-order chi connectivity index (χ0) is 16.9. The van der Waals surface area contributed by atoms with E-state index in [-0.39, 0.29) is 11.9 Å². The SMILES string of the molecule is CC(O)(CC(O)CN1CCCCC1CNC(=O)CCN)C1CC1. The molecule has 2 rings (SSSR count). The molecule has 0 aromatic heterocycles. The van der Waals surface area contributed by atoms with Crippen molar-refractivity contribution in [2.45, 2.75) is 69.6 Å². The lowest BCUT2D eigenvalue weighted by atomic mass is 9.92. The first-order valence-electron chi connectivity index (χ1n) is 9.03. The van der Waals surface area contributed by atoms with E-state index in [4.69, 9.17) is 5.73 Å². The monoisotopic (exact) mass is 327 g/mol. The van der Waals surface area contributed by atoms with E-state index in [9.17, 15) is 15.0 Å². The Hall–Kier alpha value is -0.690. The highest BCUT2D eigenvalue weighted by molar-refractivity contribution is 5.76. The number of nitrogens with zero attached hydrogens (tertiary/aromatic N) is 1. The largest absolute Gasteiger partial charge is 0.392 e. The standard InChI is InChI=1S/C17H33N3O3/c1-17(23,13-5-6-13)10-15(21)12-20-9-3-2-4-14(20)11-19-16(22)7-8-18/h13-15,21,23H,2-12,18H2,1H3,(H,19,22). The van der Waals surface area contributed by atoms with Gasteiger partial charge in [0.15, 0.2) is 0 Å². The number of nitrogens with two attached hydrogens (primary N) is 1. The fourth-order valence-corrected chi connectivity index (χ4v) is 3.67. The van der Waals surface area contributed by atoms with Crippen LogP contribution in [0.4, 0.5) is 0 Å². The van der Waals surface area contributed by atoms with Crippen LogP contribution < -0.4 is 11.1 Å². The first-order valence-corrected chi connectivity index (χ1v) is 9.03. The molecular formula is C17H33N3O3. The van der Waals surface area contributed by atoms with E-state index in [0.29, 0.717) is 38.4 Å². The molecule has 5 N–H and O–H groups in total. The minimum Gasteiger partial charge on any atom is -0.392 e. The average molecular weight is 327 g/mol. The number of amides is 1. The molecule has 1 aliphatic heterocycles. The molecule has 3 unspecified atom stereocenters. The minimum atomic E-state index is -0.750. The number of piperidine rings is 1. The molecule has 6 heteroatoms. The maximum Gasteiger partial charge on any atom is 0.221 e. The predicted molar refractivity (Wildman–Crippen MR) is 89.9 cm³/mol. The van der Waals surface area contributed by atoms with E-state index >= 15 is 0 Å². The van der Waals surface area contributed by atoms with E-state index in [1.165, 1.54) is 0 Å². The first kappa shape index (κ1) is 18.6. The summed E-state index contributed by atoms with van der Waals surface area (Å²) >= 11 is 0. The second-order valence-electron chi connectivity index (χ2n) is 7.48. The van der Waals surface area contributed by atoms with Gasteiger partial charge in [-0.3, -0.25) is 9.69 Å². The number of hydrogen-bond donors (Lipinski definition) is 4. The lowest BCUT2D eigenvalue weighted by Gasteiger charge is -2.38. The number of aliphatic hydroxyl groups excluding tert-OH is 1. The van der Waals surface area contributed by atoms with Crippen LogP contribution in [0, 0.1) is 5.92 Å². The van der Waals surface area contributed by atoms with Crippen molar-refractivity contribution in [2.75, 3.05) is 26.2 Å². The smallest absolute Gasteiger partial charge is 0.221 e. The van der Waals surface area contributed by atoms with Gasteiger partial charge in [0, 0.05) is 38.5 Å². The van der Waals surface area contributed by atoms with Crippen molar-refractivity contribution in [3.05, 3.63) is 0 Å². The van der Waals surface area contributed by atoms with Crippen LogP contribution >= 0.6 is 0 Å². The summed E-state index contributed by atoms with van der Waals surface area (Å²) in [5, 5.41) is 23.7. The van der Waals surface area contributed by atoms with Gasteiger partial charge in [-0.05, 0) is 45.1 Å². The summed E-state index contributed by atoms with van der Waals surface area (Å²) in [5.41, 5.74) is 4.64. The molecule has 0 radical (unpaired) electrons. The lowest BCUT2D eigenvalue weighted by Crippen LogP contribution is -2.50. The fourth-order valence-electron chi connectivity index (χ4n) is 3.67. The summed E-state index contributed by atoms with van der Waals surface area (Å²) in [6.45, 7) is 4.34. The molecule has 1 heterocycles. The number of rotatable bonds is 9. The molecule has 0 aromatic rings. The van der Waals surface area contributed by atoms with Gasteiger partial charge in [-0.2, -0.15) is 0 Å². The molecule has 134 valence electrons. The van der Waals surface area contributed by atoms with E-state index in [2.05, 4.69) is 10.2 Å². The van der Waals surface area contributed by atoms with Crippen LogP contribution in [-0.2, 0) is 4.79 Å². The second-order valence-corrected chi connectivity index (χ2v) is 7.48. The van der Waals surface area contributed by atoms with Crippen LogP contribution in [-0.4, -0.2) is 64.9 Å². The molecule has 2 aliphatic rings. The molecule has 2 fully saturated rings. The predicted octanol–water partition coefficient (Wildman–Crippen LogP) is 0.218. The van der Waals surface area contributed by atoms with Crippen molar-refractivity contribution in [3.63, 3.8) is 0 Å². The number of hydrogen-bond acceptors (Lipinski definition) is 5. The molecule has 1 aliphatic carbocycles. The van der Waals surface area contributed by atoms with Gasteiger partial charge in [-0.1, -0.05) is 6.42 Å². The Morgan fingerprint density at radius 3 is 2.78 bits per heavy atom. The second kappa shape index (κ2) is 8.42. The Labute approximate surface area is 139 Å². The third-order valence-electron chi connectivity index (χ3n) is 5.21. The molecule has 1 amide bonds. The van der Waals surface area contributed by atoms with E-state index < -0.39 is 11.7 Å². The molecule has 6 nitrogen and oxygen atoms in total. The third-order valence-corrected chi connectivity index (χ3v) is 5.21. The summed E-state index contributed by atoms with van der Waals surface area (Å²) in [6, 6.07) is 0.269. The quantitative estimate of drug-likeness (QED) is 0.485. The fraction of sp³-hybridized carbons (Fsp3) is 0.941. The van der Waals surface area contributed by atoms with Gasteiger partial charge < -0.3 is 21.3 Å². The van der Waals surface area contributed by atoms with Crippen LogP contribution in [0.2, 0.25) is 0 Å². The molecule has 1 saturated heterocycles. The van der Waals surface area contributed by atoms with Crippen LogP contribution in [0.3, 0.4) is 0 Å². The van der Waals surface area contributed by atoms with E-state index in [1.807, 2.05) is 6.92 Å². The zero-order valence-electron chi connectivity index (χ0n) is 14.3. The van der Waals surface area contributed by atoms with Crippen molar-refractivity contribution in [1.29, 1.82) is 0 Å². The summed E-state index contributed by atoms with van der Waals surface area (Å²) in [5.74, 6) is 0.347. The maximum atomic E-state index is 11.6. The number of carbonyl (C=O) groups is 1. The number of nitrogens with one attached hydrogen (secondary N) is 1. The highest BCUT2D eigenvalue weighted by Crippen LogP contribution is 2.41. The number of carbonyl (C=O) groups excluding carboxylic acids is 1. The van der Waals surface area contributed by atoms with Crippen LogP contribution in [0.5, 0.6) is 0 Å². The lowest BCUT2D eigenvalue weighted by molar-refractivity contribution is -0.121. The average Bonchev–Trinajstić information content (AvgIpc) is 3.31.